The highest BCUT2D eigenvalue weighted by molar-refractivity contribution is 5.90. The first-order chi connectivity index (χ1) is 8.54. The van der Waals surface area contributed by atoms with Crippen molar-refractivity contribution in [3.63, 3.8) is 0 Å². The molecular weight excluding hydrogens is 230 g/mol. The van der Waals surface area contributed by atoms with Gasteiger partial charge in [0.05, 0.1) is 6.42 Å². The molecule has 0 saturated heterocycles. The molecule has 0 spiro atoms. The molecule has 6 nitrogen and oxygen atoms in total. The van der Waals surface area contributed by atoms with Crippen molar-refractivity contribution in [3.8, 4) is 0 Å². The lowest BCUT2D eigenvalue weighted by Crippen LogP contribution is -2.17. The van der Waals surface area contributed by atoms with Crippen LogP contribution >= 0.6 is 0 Å². The summed E-state index contributed by atoms with van der Waals surface area (Å²) in [6.45, 7) is 3.69. The zero-order chi connectivity index (χ0) is 13.1. The molecule has 0 atom stereocenters. The highest BCUT2D eigenvalue weighted by Crippen LogP contribution is 2.05. The first-order valence-corrected chi connectivity index (χ1v) is 5.63. The third-order valence-corrected chi connectivity index (χ3v) is 2.46. The molecule has 0 aliphatic carbocycles. The van der Waals surface area contributed by atoms with Crippen LogP contribution in [0.1, 0.15) is 17.1 Å². The van der Waals surface area contributed by atoms with Crippen LogP contribution in [-0.2, 0) is 18.3 Å². The summed E-state index contributed by atoms with van der Waals surface area (Å²) in [5.41, 5.74) is 1.81. The van der Waals surface area contributed by atoms with Crippen LogP contribution in [0, 0.1) is 13.8 Å². The molecule has 0 aliphatic rings. The average Bonchev–Trinajstić information content (AvgIpc) is 2.61. The molecule has 2 aromatic heterocycles. The SMILES string of the molecule is Cc1ccc(CC(=O)Nc2nc(C)nn2C)cn1. The van der Waals surface area contributed by atoms with Crippen LogP contribution in [-0.4, -0.2) is 25.7 Å². The van der Waals surface area contributed by atoms with Gasteiger partial charge in [-0.15, -0.1) is 0 Å². The summed E-state index contributed by atoms with van der Waals surface area (Å²) >= 11 is 0. The Bertz CT molecular complexity index is 558. The topological polar surface area (TPSA) is 72.7 Å². The Kier molecular flexibility index (Phi) is 3.36. The number of pyridine rings is 1. The number of hydrogen-bond acceptors (Lipinski definition) is 4. The van der Waals surface area contributed by atoms with Gasteiger partial charge in [0, 0.05) is 18.9 Å². The standard InChI is InChI=1S/C12H15N5O/c1-8-4-5-10(7-13-8)6-11(18)15-12-14-9(2)16-17(12)3/h4-5,7H,6H2,1-3H3,(H,14,15,16,18). The normalized spacial score (nSPS) is 10.4. The van der Waals surface area contributed by atoms with Crippen molar-refractivity contribution >= 4 is 11.9 Å². The summed E-state index contributed by atoms with van der Waals surface area (Å²) in [5.74, 6) is 0.957. The van der Waals surface area contributed by atoms with Gasteiger partial charge in [-0.25, -0.2) is 4.68 Å². The minimum atomic E-state index is -0.129. The predicted octanol–water partition coefficient (Wildman–Crippen LogP) is 1.01. The van der Waals surface area contributed by atoms with Crippen LogP contribution in [0.15, 0.2) is 18.3 Å². The van der Waals surface area contributed by atoms with Crippen molar-refractivity contribution in [1.29, 1.82) is 0 Å². The van der Waals surface area contributed by atoms with E-state index >= 15 is 0 Å². The smallest absolute Gasteiger partial charge is 0.231 e. The third kappa shape index (κ3) is 2.91. The first kappa shape index (κ1) is 12.2. The molecule has 94 valence electrons. The Hall–Kier alpha value is -2.24. The maximum Gasteiger partial charge on any atom is 0.231 e. The van der Waals surface area contributed by atoms with E-state index in [1.807, 2.05) is 19.1 Å². The van der Waals surface area contributed by atoms with E-state index < -0.39 is 0 Å². The number of carbonyl (C=O) groups is 1. The fourth-order valence-corrected chi connectivity index (χ4v) is 1.58. The van der Waals surface area contributed by atoms with Crippen LogP contribution in [0.3, 0.4) is 0 Å². The zero-order valence-corrected chi connectivity index (χ0v) is 10.6. The summed E-state index contributed by atoms with van der Waals surface area (Å²) in [6, 6.07) is 3.78. The van der Waals surface area contributed by atoms with Crippen molar-refractivity contribution in [1.82, 2.24) is 19.7 Å². The maximum absolute atomic E-state index is 11.8. The number of carbonyl (C=O) groups excluding carboxylic acids is 1. The molecule has 0 aromatic carbocycles. The molecule has 2 aromatic rings. The van der Waals surface area contributed by atoms with E-state index in [0.29, 0.717) is 11.8 Å². The first-order valence-electron chi connectivity index (χ1n) is 5.63. The van der Waals surface area contributed by atoms with E-state index in [1.165, 1.54) is 0 Å². The molecule has 0 radical (unpaired) electrons. The van der Waals surface area contributed by atoms with Gasteiger partial charge in [-0.1, -0.05) is 6.07 Å². The molecule has 0 aliphatic heterocycles. The fourth-order valence-electron chi connectivity index (χ4n) is 1.58. The van der Waals surface area contributed by atoms with Crippen molar-refractivity contribution in [2.24, 2.45) is 7.05 Å². The van der Waals surface area contributed by atoms with Gasteiger partial charge in [0.15, 0.2) is 0 Å². The molecular formula is C12H15N5O. The lowest BCUT2D eigenvalue weighted by atomic mass is 10.2. The summed E-state index contributed by atoms with van der Waals surface area (Å²) in [6.07, 6.45) is 1.98. The van der Waals surface area contributed by atoms with E-state index in [2.05, 4.69) is 20.4 Å². The number of nitrogens with zero attached hydrogens (tertiary/aromatic N) is 4. The van der Waals surface area contributed by atoms with Crippen molar-refractivity contribution < 1.29 is 4.79 Å². The molecule has 2 rings (SSSR count). The molecule has 0 fully saturated rings. The predicted molar refractivity (Wildman–Crippen MR) is 67.0 cm³/mol. The van der Waals surface area contributed by atoms with Gasteiger partial charge in [-0.2, -0.15) is 10.1 Å². The maximum atomic E-state index is 11.8. The number of aromatic nitrogens is 4. The number of nitrogens with one attached hydrogen (secondary N) is 1. The molecule has 1 N–H and O–H groups in total. The second kappa shape index (κ2) is 4.95. The zero-order valence-electron chi connectivity index (χ0n) is 10.6. The lowest BCUT2D eigenvalue weighted by molar-refractivity contribution is -0.115. The van der Waals surface area contributed by atoms with Gasteiger partial charge in [0.25, 0.3) is 0 Å². The summed E-state index contributed by atoms with van der Waals surface area (Å²) in [7, 11) is 1.74. The molecule has 2 heterocycles. The van der Waals surface area contributed by atoms with Crippen LogP contribution in [0.2, 0.25) is 0 Å². The summed E-state index contributed by atoms with van der Waals surface area (Å²) in [5, 5.41) is 6.78. The number of hydrogen-bond donors (Lipinski definition) is 1. The minimum Gasteiger partial charge on any atom is -0.294 e. The van der Waals surface area contributed by atoms with Gasteiger partial charge in [-0.3, -0.25) is 15.1 Å². The Labute approximate surface area is 105 Å². The van der Waals surface area contributed by atoms with Crippen LogP contribution in [0.5, 0.6) is 0 Å². The highest BCUT2D eigenvalue weighted by atomic mass is 16.1. The monoisotopic (exact) mass is 245 g/mol. The number of anilines is 1. The molecule has 0 unspecified atom stereocenters. The van der Waals surface area contributed by atoms with Gasteiger partial charge in [0.1, 0.15) is 5.82 Å². The number of amides is 1. The van der Waals surface area contributed by atoms with Crippen molar-refractivity contribution in [2.75, 3.05) is 5.32 Å². The quantitative estimate of drug-likeness (QED) is 0.875. The minimum absolute atomic E-state index is 0.129. The Balaban J connectivity index is 2.01. The van der Waals surface area contributed by atoms with E-state index in [9.17, 15) is 4.79 Å². The molecule has 0 saturated carbocycles. The third-order valence-electron chi connectivity index (χ3n) is 2.46. The molecule has 18 heavy (non-hydrogen) atoms. The fraction of sp³-hybridized carbons (Fsp3) is 0.333. The lowest BCUT2D eigenvalue weighted by Gasteiger charge is -2.03. The van der Waals surface area contributed by atoms with E-state index in [-0.39, 0.29) is 12.3 Å². The second-order valence-electron chi connectivity index (χ2n) is 4.14. The van der Waals surface area contributed by atoms with Gasteiger partial charge < -0.3 is 0 Å². The molecule has 1 amide bonds. The summed E-state index contributed by atoms with van der Waals surface area (Å²) < 4.78 is 1.54. The largest absolute Gasteiger partial charge is 0.294 e. The number of aryl methyl sites for hydroxylation is 3. The van der Waals surface area contributed by atoms with Crippen molar-refractivity contribution in [3.05, 3.63) is 35.4 Å². The van der Waals surface area contributed by atoms with E-state index in [0.717, 1.165) is 11.3 Å². The highest BCUT2D eigenvalue weighted by Gasteiger charge is 2.09. The molecule has 0 bridgehead atoms. The second-order valence-corrected chi connectivity index (χ2v) is 4.14. The van der Waals surface area contributed by atoms with E-state index in [4.69, 9.17) is 0 Å². The van der Waals surface area contributed by atoms with Crippen LogP contribution in [0.25, 0.3) is 0 Å². The van der Waals surface area contributed by atoms with Crippen LogP contribution in [0.4, 0.5) is 5.95 Å². The van der Waals surface area contributed by atoms with Gasteiger partial charge in [0.2, 0.25) is 11.9 Å². The van der Waals surface area contributed by atoms with Gasteiger partial charge >= 0.3 is 0 Å². The Morgan fingerprint density at radius 1 is 1.39 bits per heavy atom. The van der Waals surface area contributed by atoms with Crippen molar-refractivity contribution in [2.45, 2.75) is 20.3 Å². The van der Waals surface area contributed by atoms with Crippen LogP contribution < -0.4 is 5.32 Å². The average molecular weight is 245 g/mol. The van der Waals surface area contributed by atoms with Gasteiger partial charge in [-0.05, 0) is 25.5 Å². The molecule has 6 heteroatoms. The Morgan fingerprint density at radius 2 is 2.17 bits per heavy atom. The Morgan fingerprint density at radius 3 is 2.72 bits per heavy atom. The van der Waals surface area contributed by atoms with E-state index in [1.54, 1.807) is 24.9 Å². The summed E-state index contributed by atoms with van der Waals surface area (Å²) in [4.78, 5) is 20.1. The number of rotatable bonds is 3.